The zero-order chi connectivity index (χ0) is 13.5. The number of hydrogen-bond donors (Lipinski definition) is 1. The molecule has 106 valence electrons. The normalized spacial score (nSPS) is 18.2. The summed E-state index contributed by atoms with van der Waals surface area (Å²) in [6, 6.07) is 4.57. The van der Waals surface area contributed by atoms with Gasteiger partial charge in [-0.3, -0.25) is 0 Å². The first-order chi connectivity index (χ1) is 9.36. The fourth-order valence-corrected chi connectivity index (χ4v) is 3.11. The van der Waals surface area contributed by atoms with E-state index < -0.39 is 0 Å². The quantitative estimate of drug-likeness (QED) is 0.848. The maximum Gasteiger partial charge on any atom is 0.217 e. The van der Waals surface area contributed by atoms with Gasteiger partial charge >= 0.3 is 0 Å². The van der Waals surface area contributed by atoms with Gasteiger partial charge in [-0.2, -0.15) is 0 Å². The molecule has 1 unspecified atom stereocenters. The number of aromatic nitrogens is 1. The predicted molar refractivity (Wildman–Crippen MR) is 78.4 cm³/mol. The lowest BCUT2D eigenvalue weighted by Gasteiger charge is -2.31. The van der Waals surface area contributed by atoms with Crippen molar-refractivity contribution in [2.75, 3.05) is 13.7 Å². The van der Waals surface area contributed by atoms with Gasteiger partial charge in [0.05, 0.1) is 7.11 Å². The van der Waals surface area contributed by atoms with Gasteiger partial charge in [-0.25, -0.2) is 4.98 Å². The van der Waals surface area contributed by atoms with Gasteiger partial charge in [-0.05, 0) is 37.8 Å². The maximum absolute atomic E-state index is 5.45. The van der Waals surface area contributed by atoms with E-state index in [-0.39, 0.29) is 0 Å². The average Bonchev–Trinajstić information content (AvgIpc) is 2.49. The first kappa shape index (κ1) is 14.3. The van der Waals surface area contributed by atoms with Gasteiger partial charge in [0.15, 0.2) is 0 Å². The summed E-state index contributed by atoms with van der Waals surface area (Å²) < 4.78 is 5.45. The van der Waals surface area contributed by atoms with E-state index in [9.17, 15) is 0 Å². The second-order valence-electron chi connectivity index (χ2n) is 5.43. The third kappa shape index (κ3) is 3.69. The Kier molecular flexibility index (Phi) is 5.64. The summed E-state index contributed by atoms with van der Waals surface area (Å²) >= 11 is 0. The fraction of sp³-hybridized carbons (Fsp3) is 0.688. The van der Waals surface area contributed by atoms with Crippen LogP contribution in [0.1, 0.15) is 57.1 Å². The van der Waals surface area contributed by atoms with Crippen LogP contribution in [-0.4, -0.2) is 18.6 Å². The lowest BCUT2D eigenvalue weighted by atomic mass is 9.81. The third-order valence-corrected chi connectivity index (χ3v) is 4.06. The molecule has 0 aromatic carbocycles. The van der Waals surface area contributed by atoms with Crippen LogP contribution in [0, 0.1) is 5.92 Å². The standard InChI is InChI=1S/C16H26N2O/c1-3-11-17-15(13-8-5-4-6-9-13)14-10-7-12-18-16(14)19-2/h7,10,12-13,15,17H,3-6,8-9,11H2,1-2H3. The van der Waals surface area contributed by atoms with Crippen molar-refractivity contribution in [1.82, 2.24) is 10.3 Å². The zero-order valence-electron chi connectivity index (χ0n) is 12.2. The van der Waals surface area contributed by atoms with Crippen molar-refractivity contribution in [2.24, 2.45) is 5.92 Å². The number of nitrogens with one attached hydrogen (secondary N) is 1. The van der Waals surface area contributed by atoms with Gasteiger partial charge < -0.3 is 10.1 Å². The molecule has 0 saturated heterocycles. The van der Waals surface area contributed by atoms with Crippen LogP contribution in [0.2, 0.25) is 0 Å². The zero-order valence-corrected chi connectivity index (χ0v) is 12.2. The van der Waals surface area contributed by atoms with E-state index in [0.717, 1.165) is 24.8 Å². The molecule has 0 bridgehead atoms. The Morgan fingerprint density at radius 2 is 2.16 bits per heavy atom. The van der Waals surface area contributed by atoms with Gasteiger partial charge in [-0.15, -0.1) is 0 Å². The molecule has 0 aliphatic heterocycles. The SMILES string of the molecule is CCCNC(c1cccnc1OC)C1CCCCC1. The van der Waals surface area contributed by atoms with E-state index in [1.165, 1.54) is 37.7 Å². The van der Waals surface area contributed by atoms with Crippen molar-refractivity contribution >= 4 is 0 Å². The highest BCUT2D eigenvalue weighted by Gasteiger charge is 2.27. The summed E-state index contributed by atoms with van der Waals surface area (Å²) in [5.41, 5.74) is 1.23. The van der Waals surface area contributed by atoms with Crippen molar-refractivity contribution in [3.8, 4) is 5.88 Å². The van der Waals surface area contributed by atoms with Gasteiger partial charge in [0, 0.05) is 17.8 Å². The molecule has 1 heterocycles. The molecule has 1 aliphatic carbocycles. The molecule has 1 aliphatic rings. The Morgan fingerprint density at radius 3 is 2.84 bits per heavy atom. The molecule has 0 spiro atoms. The lowest BCUT2D eigenvalue weighted by molar-refractivity contribution is 0.264. The van der Waals surface area contributed by atoms with Crippen molar-refractivity contribution in [2.45, 2.75) is 51.5 Å². The Balaban J connectivity index is 2.19. The summed E-state index contributed by atoms with van der Waals surface area (Å²) in [7, 11) is 1.71. The van der Waals surface area contributed by atoms with Gasteiger partial charge in [0.25, 0.3) is 0 Å². The number of pyridine rings is 1. The first-order valence-electron chi connectivity index (χ1n) is 7.59. The maximum atomic E-state index is 5.45. The van der Waals surface area contributed by atoms with Gasteiger partial charge in [-0.1, -0.05) is 32.3 Å². The molecule has 1 fully saturated rings. The van der Waals surface area contributed by atoms with Gasteiger partial charge in [0.2, 0.25) is 5.88 Å². The van der Waals surface area contributed by atoms with E-state index in [1.807, 2.05) is 6.07 Å². The second kappa shape index (κ2) is 7.49. The predicted octanol–water partition coefficient (Wildman–Crippen LogP) is 3.71. The average molecular weight is 262 g/mol. The van der Waals surface area contributed by atoms with Crippen LogP contribution >= 0.6 is 0 Å². The fourth-order valence-electron chi connectivity index (χ4n) is 3.11. The number of hydrogen-bond acceptors (Lipinski definition) is 3. The number of nitrogens with zero attached hydrogens (tertiary/aromatic N) is 1. The van der Waals surface area contributed by atoms with Crippen LogP contribution in [0.4, 0.5) is 0 Å². The molecule has 2 rings (SSSR count). The third-order valence-electron chi connectivity index (χ3n) is 4.06. The molecule has 1 saturated carbocycles. The summed E-state index contributed by atoms with van der Waals surface area (Å²) in [5.74, 6) is 1.50. The van der Waals surface area contributed by atoms with E-state index in [0.29, 0.717) is 6.04 Å². The Morgan fingerprint density at radius 1 is 1.37 bits per heavy atom. The molecule has 1 aromatic heterocycles. The lowest BCUT2D eigenvalue weighted by Crippen LogP contribution is -2.30. The van der Waals surface area contributed by atoms with Crippen LogP contribution in [0.25, 0.3) is 0 Å². The van der Waals surface area contributed by atoms with Crippen molar-refractivity contribution in [3.05, 3.63) is 23.9 Å². The van der Waals surface area contributed by atoms with Crippen LogP contribution < -0.4 is 10.1 Å². The van der Waals surface area contributed by atoms with Crippen LogP contribution in [-0.2, 0) is 0 Å². The van der Waals surface area contributed by atoms with E-state index in [2.05, 4.69) is 23.3 Å². The number of methoxy groups -OCH3 is 1. The minimum Gasteiger partial charge on any atom is -0.481 e. The smallest absolute Gasteiger partial charge is 0.217 e. The molecule has 0 amide bonds. The molecule has 3 nitrogen and oxygen atoms in total. The van der Waals surface area contributed by atoms with E-state index in [1.54, 1.807) is 13.3 Å². The van der Waals surface area contributed by atoms with Crippen molar-refractivity contribution < 1.29 is 4.74 Å². The Hall–Kier alpha value is -1.09. The van der Waals surface area contributed by atoms with E-state index >= 15 is 0 Å². The van der Waals surface area contributed by atoms with Crippen LogP contribution in [0.5, 0.6) is 5.88 Å². The number of rotatable bonds is 6. The van der Waals surface area contributed by atoms with Gasteiger partial charge in [0.1, 0.15) is 0 Å². The molecule has 3 heteroatoms. The summed E-state index contributed by atoms with van der Waals surface area (Å²) in [6.07, 6.45) is 9.71. The highest BCUT2D eigenvalue weighted by Crippen LogP contribution is 2.37. The summed E-state index contributed by atoms with van der Waals surface area (Å²) in [5, 5.41) is 3.71. The summed E-state index contributed by atoms with van der Waals surface area (Å²) in [6.45, 7) is 3.27. The Labute approximate surface area is 116 Å². The molecular formula is C16H26N2O. The number of ether oxygens (including phenoxy) is 1. The monoisotopic (exact) mass is 262 g/mol. The topological polar surface area (TPSA) is 34.2 Å². The Bertz CT molecular complexity index is 375. The van der Waals surface area contributed by atoms with Crippen LogP contribution in [0.3, 0.4) is 0 Å². The molecule has 1 aromatic rings. The molecular weight excluding hydrogens is 236 g/mol. The van der Waals surface area contributed by atoms with Crippen LogP contribution in [0.15, 0.2) is 18.3 Å². The minimum atomic E-state index is 0.392. The molecule has 1 N–H and O–H groups in total. The molecule has 0 radical (unpaired) electrons. The molecule has 1 atom stereocenters. The highest BCUT2D eigenvalue weighted by atomic mass is 16.5. The molecule has 19 heavy (non-hydrogen) atoms. The summed E-state index contributed by atoms with van der Waals surface area (Å²) in [4.78, 5) is 4.36. The van der Waals surface area contributed by atoms with Crippen molar-refractivity contribution in [3.63, 3.8) is 0 Å². The highest BCUT2D eigenvalue weighted by molar-refractivity contribution is 5.29. The van der Waals surface area contributed by atoms with Crippen molar-refractivity contribution in [1.29, 1.82) is 0 Å². The first-order valence-corrected chi connectivity index (χ1v) is 7.59. The van der Waals surface area contributed by atoms with E-state index in [4.69, 9.17) is 4.74 Å². The second-order valence-corrected chi connectivity index (χ2v) is 5.43. The minimum absolute atomic E-state index is 0.392. The largest absolute Gasteiger partial charge is 0.481 e.